The lowest BCUT2D eigenvalue weighted by molar-refractivity contribution is -0.137. The monoisotopic (exact) mass is 479 g/mol. The highest BCUT2D eigenvalue weighted by atomic mass is 16.4. The van der Waals surface area contributed by atoms with E-state index in [-0.39, 0.29) is 12.3 Å². The van der Waals surface area contributed by atoms with Gasteiger partial charge in [-0.25, -0.2) is 4.98 Å². The van der Waals surface area contributed by atoms with Gasteiger partial charge in [-0.2, -0.15) is 5.10 Å². The van der Waals surface area contributed by atoms with Gasteiger partial charge in [-0.05, 0) is 73.9 Å². The molecule has 1 aromatic carbocycles. The smallest absolute Gasteiger partial charge is 0.304 e. The molecule has 0 aliphatic carbocycles. The summed E-state index contributed by atoms with van der Waals surface area (Å²) in [5, 5.41) is 18.6. The van der Waals surface area contributed by atoms with Gasteiger partial charge in [0.25, 0.3) is 0 Å². The number of benzene rings is 1. The molecule has 0 bridgehead atoms. The van der Waals surface area contributed by atoms with Crippen LogP contribution < -0.4 is 10.3 Å². The number of carboxylic acid groups (broad SMARTS) is 1. The van der Waals surface area contributed by atoms with E-state index < -0.39 is 5.97 Å². The van der Waals surface area contributed by atoms with Crippen molar-refractivity contribution in [3.05, 3.63) is 53.2 Å². The Hall–Kier alpha value is -2.93. The molecule has 7 heteroatoms. The van der Waals surface area contributed by atoms with E-state index in [0.717, 1.165) is 68.9 Å². The summed E-state index contributed by atoms with van der Waals surface area (Å²) in [6, 6.07) is 12.4. The number of anilines is 2. The summed E-state index contributed by atoms with van der Waals surface area (Å²) in [5.41, 5.74) is 4.46. The number of carbonyl (C=O) groups is 1. The van der Waals surface area contributed by atoms with Gasteiger partial charge in [-0.3, -0.25) is 9.80 Å². The molecule has 2 N–H and O–H groups in total. The Bertz CT molecular complexity index is 980. The van der Waals surface area contributed by atoms with Gasteiger partial charge in [0.05, 0.1) is 12.1 Å². The second kappa shape index (κ2) is 13.2. The minimum Gasteiger partial charge on any atom is -0.481 e. The van der Waals surface area contributed by atoms with Crippen LogP contribution in [0.1, 0.15) is 62.3 Å². The maximum absolute atomic E-state index is 11.6. The van der Waals surface area contributed by atoms with Crippen LogP contribution in [-0.4, -0.2) is 60.9 Å². The minimum absolute atomic E-state index is 0.0483. The second-order valence-corrected chi connectivity index (χ2v) is 9.35. The number of hydrogen-bond donors (Lipinski definition) is 2. The lowest BCUT2D eigenvalue weighted by Gasteiger charge is -2.24. The van der Waals surface area contributed by atoms with Crippen molar-refractivity contribution in [1.82, 2.24) is 9.88 Å². The number of aliphatic carboxylic acids is 1. The fourth-order valence-corrected chi connectivity index (χ4v) is 5.05. The summed E-state index contributed by atoms with van der Waals surface area (Å²) in [4.78, 5) is 18.9. The van der Waals surface area contributed by atoms with Crippen molar-refractivity contribution in [2.45, 2.75) is 58.3 Å². The first-order valence-corrected chi connectivity index (χ1v) is 13.0. The number of aromatic nitrogens is 1. The lowest BCUT2D eigenvalue weighted by Crippen LogP contribution is -2.28. The van der Waals surface area contributed by atoms with Gasteiger partial charge in [-0.1, -0.05) is 32.0 Å². The number of nitrogens with zero attached hydrogens (tertiary/aromatic N) is 4. The Morgan fingerprint density at radius 3 is 2.94 bits per heavy atom. The van der Waals surface area contributed by atoms with Crippen molar-refractivity contribution in [2.24, 2.45) is 11.0 Å². The number of pyridine rings is 1. The van der Waals surface area contributed by atoms with E-state index in [2.05, 4.69) is 34.2 Å². The number of hydrogen-bond acceptors (Lipinski definition) is 6. The summed E-state index contributed by atoms with van der Waals surface area (Å²) in [6.45, 7) is 11.4. The highest BCUT2D eigenvalue weighted by Crippen LogP contribution is 2.29. The molecule has 3 heterocycles. The number of hydrazone groups is 1. The zero-order valence-corrected chi connectivity index (χ0v) is 21.5. The average Bonchev–Trinajstić information content (AvgIpc) is 3.34. The predicted molar refractivity (Wildman–Crippen MR) is 145 cm³/mol. The molecule has 1 unspecified atom stereocenters. The van der Waals surface area contributed by atoms with Crippen LogP contribution in [0.25, 0.3) is 0 Å². The normalized spacial score (nSPS) is 18.0. The summed E-state index contributed by atoms with van der Waals surface area (Å²) < 4.78 is 0. The summed E-state index contributed by atoms with van der Waals surface area (Å²) >= 11 is 0. The minimum atomic E-state index is -0.761. The van der Waals surface area contributed by atoms with E-state index in [1.165, 1.54) is 17.7 Å². The van der Waals surface area contributed by atoms with Crippen LogP contribution in [0.2, 0.25) is 0 Å². The molecule has 7 nitrogen and oxygen atoms in total. The summed E-state index contributed by atoms with van der Waals surface area (Å²) in [5.74, 6) is 0.891. The molecule has 0 amide bonds. The molecule has 1 saturated heterocycles. The van der Waals surface area contributed by atoms with Crippen LogP contribution in [0.5, 0.6) is 0 Å². The van der Waals surface area contributed by atoms with E-state index >= 15 is 0 Å². The fourth-order valence-electron chi connectivity index (χ4n) is 5.05. The molecule has 1 fully saturated rings. The number of nitrogens with one attached hydrogen (secondary N) is 1. The average molecular weight is 480 g/mol. The van der Waals surface area contributed by atoms with Crippen LogP contribution in [-0.2, 0) is 17.6 Å². The van der Waals surface area contributed by atoms with Crippen molar-refractivity contribution in [2.75, 3.05) is 43.6 Å². The van der Waals surface area contributed by atoms with Crippen molar-refractivity contribution in [3.8, 4) is 0 Å². The Morgan fingerprint density at radius 1 is 1.34 bits per heavy atom. The standard InChI is InChI=1S/C26H35N5O2.C2H6/c1-27-30(2)24-7-3-5-21(15-24)22(16-25(32)33)18-31-14-12-19(17-31)8-10-23-11-9-20-6-4-13-28-26(20)29-23;1-2/h3,5,7,9,11,15,19,22H,1,4,6,8,10,12-14,16-18H2,2H3,(H,28,29)(H,32,33);1-2H3/t19-,22?;/m1./s1. The van der Waals surface area contributed by atoms with Gasteiger partial charge < -0.3 is 15.3 Å². The topological polar surface area (TPSA) is 81.1 Å². The highest BCUT2D eigenvalue weighted by Gasteiger charge is 2.27. The van der Waals surface area contributed by atoms with Crippen LogP contribution in [0.3, 0.4) is 0 Å². The molecular weight excluding hydrogens is 438 g/mol. The molecule has 1 aromatic heterocycles. The van der Waals surface area contributed by atoms with E-state index in [9.17, 15) is 9.90 Å². The third-order valence-electron chi connectivity index (χ3n) is 6.96. The van der Waals surface area contributed by atoms with Gasteiger partial charge in [0.2, 0.25) is 0 Å². The largest absolute Gasteiger partial charge is 0.481 e. The molecular formula is C28H41N5O2. The molecule has 2 aliphatic heterocycles. The van der Waals surface area contributed by atoms with Crippen LogP contribution >= 0.6 is 0 Å². The van der Waals surface area contributed by atoms with Crippen molar-refractivity contribution in [3.63, 3.8) is 0 Å². The first-order chi connectivity index (χ1) is 17.0. The third kappa shape index (κ3) is 7.52. The second-order valence-electron chi connectivity index (χ2n) is 9.35. The molecule has 35 heavy (non-hydrogen) atoms. The third-order valence-corrected chi connectivity index (χ3v) is 6.96. The zero-order chi connectivity index (χ0) is 25.2. The van der Waals surface area contributed by atoms with Gasteiger partial charge in [0, 0.05) is 45.0 Å². The number of rotatable bonds is 10. The SMILES string of the molecule is C=NN(C)c1cccc(C(CC(=O)O)CN2CC[C@@H](CCc3ccc4c(n3)NCCC4)C2)c1.CC. The van der Waals surface area contributed by atoms with Crippen LogP contribution in [0.4, 0.5) is 11.5 Å². The Morgan fingerprint density at radius 2 is 2.17 bits per heavy atom. The molecule has 2 aliphatic rings. The first kappa shape index (κ1) is 26.7. The van der Waals surface area contributed by atoms with Gasteiger partial charge in [0.1, 0.15) is 5.82 Å². The summed E-state index contributed by atoms with van der Waals surface area (Å²) in [6.07, 6.45) is 5.70. The maximum atomic E-state index is 11.6. The van der Waals surface area contributed by atoms with E-state index in [1.54, 1.807) is 5.01 Å². The summed E-state index contributed by atoms with van der Waals surface area (Å²) in [7, 11) is 1.84. The quantitative estimate of drug-likeness (QED) is 0.367. The fraction of sp³-hybridized carbons (Fsp3) is 0.536. The lowest BCUT2D eigenvalue weighted by atomic mass is 9.94. The Balaban J connectivity index is 0.00000167. The molecule has 0 radical (unpaired) electrons. The number of likely N-dealkylation sites (tertiary alicyclic amines) is 1. The molecule has 190 valence electrons. The predicted octanol–water partition coefficient (Wildman–Crippen LogP) is 5.03. The van der Waals surface area contributed by atoms with Crippen molar-refractivity contribution < 1.29 is 9.90 Å². The van der Waals surface area contributed by atoms with Gasteiger partial charge in [0.15, 0.2) is 0 Å². The molecule has 0 spiro atoms. The van der Waals surface area contributed by atoms with Crippen molar-refractivity contribution in [1.29, 1.82) is 0 Å². The number of aryl methyl sites for hydroxylation is 2. The number of carboxylic acids is 1. The van der Waals surface area contributed by atoms with Crippen LogP contribution in [0, 0.1) is 5.92 Å². The first-order valence-electron chi connectivity index (χ1n) is 13.0. The maximum Gasteiger partial charge on any atom is 0.304 e. The van der Waals surface area contributed by atoms with Crippen LogP contribution in [0.15, 0.2) is 41.5 Å². The molecule has 2 atom stereocenters. The van der Waals surface area contributed by atoms with Gasteiger partial charge >= 0.3 is 5.97 Å². The number of fused-ring (bicyclic) bond motifs is 1. The zero-order valence-electron chi connectivity index (χ0n) is 21.5. The Kier molecular flexibility index (Phi) is 10.1. The molecule has 4 rings (SSSR count). The highest BCUT2D eigenvalue weighted by molar-refractivity contribution is 5.68. The Labute approximate surface area is 210 Å². The van der Waals surface area contributed by atoms with Crippen molar-refractivity contribution >= 4 is 24.2 Å². The van der Waals surface area contributed by atoms with E-state index in [1.807, 2.05) is 45.2 Å². The van der Waals surface area contributed by atoms with E-state index in [4.69, 9.17) is 4.98 Å². The van der Waals surface area contributed by atoms with E-state index in [0.29, 0.717) is 5.92 Å². The van der Waals surface area contributed by atoms with Gasteiger partial charge in [-0.15, -0.1) is 0 Å². The molecule has 2 aromatic rings. The molecule has 0 saturated carbocycles.